The topological polar surface area (TPSA) is 123 Å². The lowest BCUT2D eigenvalue weighted by Gasteiger charge is -2.47. The third-order valence-corrected chi connectivity index (χ3v) is 8.49. The van der Waals surface area contributed by atoms with E-state index in [2.05, 4.69) is 49.1 Å². The van der Waals surface area contributed by atoms with Gasteiger partial charge >= 0.3 is 0 Å². The number of aromatic nitrogens is 3. The quantitative estimate of drug-likeness (QED) is 0.374. The minimum absolute atomic E-state index is 0.0785. The third kappa shape index (κ3) is 6.58. The summed E-state index contributed by atoms with van der Waals surface area (Å²) in [6, 6.07) is 15.8. The minimum Gasteiger partial charge on any atom is -0.483 e. The minimum atomic E-state index is -3.12. The Balaban J connectivity index is 1.10. The van der Waals surface area contributed by atoms with E-state index in [4.69, 9.17) is 14.6 Å². The summed E-state index contributed by atoms with van der Waals surface area (Å²) in [5.41, 5.74) is 2.61. The van der Waals surface area contributed by atoms with Gasteiger partial charge < -0.3 is 24.8 Å². The Hall–Kier alpha value is -3.96. The molecule has 2 aromatic carbocycles. The third-order valence-electron chi connectivity index (χ3n) is 8.49. The van der Waals surface area contributed by atoms with Crippen molar-refractivity contribution in [1.82, 2.24) is 24.8 Å². The van der Waals surface area contributed by atoms with Crippen molar-refractivity contribution in [2.45, 2.75) is 37.5 Å². The number of hydrogen-bond acceptors (Lipinski definition) is 11. The monoisotopic (exact) mass is 606 g/mol. The second kappa shape index (κ2) is 13.0. The highest BCUT2D eigenvalue weighted by Gasteiger charge is 2.46. The number of aliphatic hydroxyl groups excluding tert-OH is 1. The molecular formula is C31H36F2N8O3. The van der Waals surface area contributed by atoms with E-state index in [1.165, 1.54) is 23.4 Å². The summed E-state index contributed by atoms with van der Waals surface area (Å²) in [4.78, 5) is 19.4. The van der Waals surface area contributed by atoms with Gasteiger partial charge in [-0.2, -0.15) is 10.2 Å². The number of piperidine rings is 1. The lowest BCUT2D eigenvalue weighted by molar-refractivity contribution is -0.140. The second-order valence-corrected chi connectivity index (χ2v) is 11.5. The number of halogens is 2. The zero-order valence-electron chi connectivity index (χ0n) is 24.6. The molecule has 0 bridgehead atoms. The molecular weight excluding hydrogens is 570 g/mol. The van der Waals surface area contributed by atoms with Crippen LogP contribution in [0, 0.1) is 11.3 Å². The first-order chi connectivity index (χ1) is 21.3. The molecule has 3 aromatic rings. The number of nitriles is 1. The van der Waals surface area contributed by atoms with Gasteiger partial charge in [-0.1, -0.05) is 0 Å². The highest BCUT2D eigenvalue weighted by atomic mass is 19.3. The molecule has 3 fully saturated rings. The Kier molecular flexibility index (Phi) is 8.86. The van der Waals surface area contributed by atoms with Crippen molar-refractivity contribution in [3.05, 3.63) is 54.4 Å². The molecule has 0 aliphatic carbocycles. The fourth-order valence-electron chi connectivity index (χ4n) is 6.02. The van der Waals surface area contributed by atoms with Gasteiger partial charge in [0.25, 0.3) is 5.92 Å². The zero-order chi connectivity index (χ0) is 30.7. The molecule has 3 aliphatic heterocycles. The van der Waals surface area contributed by atoms with Crippen LogP contribution in [0.4, 0.5) is 26.1 Å². The zero-order valence-corrected chi connectivity index (χ0v) is 24.6. The molecule has 232 valence electrons. The highest BCUT2D eigenvalue weighted by molar-refractivity contribution is 5.64. The molecule has 4 heterocycles. The van der Waals surface area contributed by atoms with Gasteiger partial charge in [0.15, 0.2) is 11.9 Å². The summed E-state index contributed by atoms with van der Waals surface area (Å²) < 4.78 is 40.5. The summed E-state index contributed by atoms with van der Waals surface area (Å²) in [7, 11) is 0. The largest absolute Gasteiger partial charge is 0.483 e. The molecule has 2 atom stereocenters. The first kappa shape index (κ1) is 30.1. The average Bonchev–Trinajstić information content (AvgIpc) is 2.99. The molecule has 3 saturated heterocycles. The van der Waals surface area contributed by atoms with E-state index < -0.39 is 18.6 Å². The fourth-order valence-corrected chi connectivity index (χ4v) is 6.02. The van der Waals surface area contributed by atoms with Crippen LogP contribution in [-0.4, -0.2) is 113 Å². The molecule has 3 aliphatic rings. The van der Waals surface area contributed by atoms with Gasteiger partial charge in [-0.15, -0.1) is 0 Å². The Morgan fingerprint density at radius 3 is 2.64 bits per heavy atom. The number of alkyl halides is 2. The van der Waals surface area contributed by atoms with Crippen molar-refractivity contribution in [3.8, 4) is 23.2 Å². The molecule has 2 N–H and O–H groups in total. The highest BCUT2D eigenvalue weighted by Crippen LogP contribution is 2.33. The number of anilines is 3. The van der Waals surface area contributed by atoms with Crippen LogP contribution in [0.5, 0.6) is 5.75 Å². The van der Waals surface area contributed by atoms with Crippen LogP contribution < -0.4 is 15.0 Å². The first-order valence-corrected chi connectivity index (χ1v) is 14.9. The Morgan fingerprint density at radius 2 is 1.95 bits per heavy atom. The van der Waals surface area contributed by atoms with Crippen LogP contribution in [0.2, 0.25) is 0 Å². The summed E-state index contributed by atoms with van der Waals surface area (Å²) >= 11 is 0. The molecule has 6 rings (SSSR count). The predicted octanol–water partition coefficient (Wildman–Crippen LogP) is 3.14. The number of nitrogens with one attached hydrogen (secondary N) is 1. The van der Waals surface area contributed by atoms with E-state index in [9.17, 15) is 14.0 Å². The van der Waals surface area contributed by atoms with E-state index in [1.807, 2.05) is 18.2 Å². The van der Waals surface area contributed by atoms with Crippen molar-refractivity contribution < 1.29 is 23.4 Å². The number of hydrogen-bond donors (Lipinski definition) is 2. The average molecular weight is 607 g/mol. The van der Waals surface area contributed by atoms with Crippen LogP contribution in [0.15, 0.2) is 48.8 Å². The van der Waals surface area contributed by atoms with Crippen LogP contribution >= 0.6 is 0 Å². The second-order valence-electron chi connectivity index (χ2n) is 11.5. The summed E-state index contributed by atoms with van der Waals surface area (Å²) in [6.07, 6.45) is 0.0875. The normalized spacial score (nSPS) is 22.7. The van der Waals surface area contributed by atoms with E-state index in [0.29, 0.717) is 36.0 Å². The number of nitrogens with zero attached hydrogens (tertiary/aromatic N) is 7. The number of β-amino-alcohol motifs (C(OH)–C–C–N with tert-alkyl or cyclic N) is 1. The number of piperazine rings is 1. The van der Waals surface area contributed by atoms with Gasteiger partial charge in [0.2, 0.25) is 5.95 Å². The van der Waals surface area contributed by atoms with Crippen LogP contribution in [0.1, 0.15) is 18.9 Å². The molecule has 13 heteroatoms. The SMILES string of the molecule is C[C@H]1CN(c2ccc(Nc3ncnc(-c4ccc(O[C@H]5CCN(CCO)CC5(F)F)c(C#N)c4)n3)cc2)CCN1C1COC1. The van der Waals surface area contributed by atoms with Crippen LogP contribution in [0.3, 0.4) is 0 Å². The van der Waals surface area contributed by atoms with Crippen molar-refractivity contribution in [3.63, 3.8) is 0 Å². The maximum absolute atomic E-state index is 14.7. The van der Waals surface area contributed by atoms with Crippen LogP contribution in [0.25, 0.3) is 11.4 Å². The molecule has 11 nitrogen and oxygen atoms in total. The van der Waals surface area contributed by atoms with E-state index in [-0.39, 0.29) is 30.9 Å². The van der Waals surface area contributed by atoms with Gasteiger partial charge in [-0.3, -0.25) is 9.80 Å². The Bertz CT molecular complexity index is 1480. The summed E-state index contributed by atoms with van der Waals surface area (Å²) in [5, 5.41) is 22.1. The lowest BCUT2D eigenvalue weighted by Crippen LogP contribution is -2.60. The van der Waals surface area contributed by atoms with E-state index in [0.717, 1.165) is 44.2 Å². The Morgan fingerprint density at radius 1 is 1.14 bits per heavy atom. The molecule has 44 heavy (non-hydrogen) atoms. The number of aliphatic hydroxyl groups is 1. The maximum atomic E-state index is 14.7. The number of ether oxygens (including phenoxy) is 2. The number of rotatable bonds is 9. The molecule has 0 spiro atoms. The fraction of sp³-hybridized carbons (Fsp3) is 0.484. The number of benzene rings is 2. The first-order valence-electron chi connectivity index (χ1n) is 14.9. The maximum Gasteiger partial charge on any atom is 0.296 e. The molecule has 0 saturated carbocycles. The lowest BCUT2D eigenvalue weighted by atomic mass is 10.0. The van der Waals surface area contributed by atoms with Gasteiger partial charge in [0, 0.05) is 62.1 Å². The van der Waals surface area contributed by atoms with Gasteiger partial charge in [0.05, 0.1) is 38.0 Å². The predicted molar refractivity (Wildman–Crippen MR) is 160 cm³/mol. The summed E-state index contributed by atoms with van der Waals surface area (Å²) in [5.74, 6) is -2.38. The van der Waals surface area contributed by atoms with Crippen molar-refractivity contribution in [2.24, 2.45) is 0 Å². The molecule has 1 aromatic heterocycles. The van der Waals surface area contributed by atoms with Gasteiger partial charge in [-0.05, 0) is 49.4 Å². The summed E-state index contributed by atoms with van der Waals surface area (Å²) in [6.45, 7) is 6.73. The molecule has 0 amide bonds. The van der Waals surface area contributed by atoms with Gasteiger partial charge in [-0.25, -0.2) is 18.7 Å². The smallest absolute Gasteiger partial charge is 0.296 e. The van der Waals surface area contributed by atoms with E-state index >= 15 is 0 Å². The van der Waals surface area contributed by atoms with Crippen molar-refractivity contribution in [2.75, 3.05) is 69.3 Å². The standard InChI is InChI=1S/C31H36F2N8O3/c1-21-16-40(10-11-41(21)26-17-43-18-26)25-5-3-24(4-6-25)37-30-36-20-35-29(38-30)22-2-7-27(23(14-22)15-34)44-28-8-9-39(12-13-42)19-31(28,32)33/h2-7,14,20-21,26,28,42H,8-13,16-19H2,1H3,(H,35,36,37,38)/t21-,28-/m0/s1. The van der Waals surface area contributed by atoms with Gasteiger partial charge in [0.1, 0.15) is 18.1 Å². The number of likely N-dealkylation sites (tertiary alicyclic amines) is 1. The molecule has 0 radical (unpaired) electrons. The van der Waals surface area contributed by atoms with Crippen molar-refractivity contribution in [1.29, 1.82) is 5.26 Å². The van der Waals surface area contributed by atoms with Crippen molar-refractivity contribution >= 4 is 17.3 Å². The molecule has 0 unspecified atom stereocenters. The Labute approximate surface area is 255 Å². The van der Waals surface area contributed by atoms with Crippen LogP contribution in [-0.2, 0) is 4.74 Å². The van der Waals surface area contributed by atoms with E-state index in [1.54, 1.807) is 6.07 Å².